The number of carboxylic acid groups (broad SMARTS) is 1. The van der Waals surface area contributed by atoms with Crippen LogP contribution in [0.1, 0.15) is 47.0 Å². The van der Waals surface area contributed by atoms with E-state index in [-0.39, 0.29) is 35.8 Å². The molecule has 1 N–H and O–H groups in total. The lowest BCUT2D eigenvalue weighted by Crippen LogP contribution is -2.39. The van der Waals surface area contributed by atoms with Gasteiger partial charge in [-0.3, -0.25) is 4.90 Å². The number of aromatic carboxylic acids is 1. The van der Waals surface area contributed by atoms with Crippen LogP contribution in [0.4, 0.5) is 4.39 Å². The Morgan fingerprint density at radius 3 is 2.69 bits per heavy atom. The minimum absolute atomic E-state index is 0.0106. The number of ether oxygens (including phenoxy) is 3. The van der Waals surface area contributed by atoms with Crippen LogP contribution in [0, 0.1) is 17.1 Å². The second kappa shape index (κ2) is 12.1. The SMILES string of the molecule is N#Cc1ccc(OCc2nccc(OC3CCN(Cc4nc5ccc(C(=O)O)nc5n4C[C@@H]4CCO4)CC3)n2)c(F)c1. The van der Waals surface area contributed by atoms with Gasteiger partial charge in [-0.15, -0.1) is 0 Å². The van der Waals surface area contributed by atoms with Gasteiger partial charge in [-0.25, -0.2) is 24.1 Å². The van der Waals surface area contributed by atoms with E-state index in [2.05, 4.69) is 19.9 Å². The maximum atomic E-state index is 14.1. The number of benzene rings is 1. The number of carboxylic acids is 1. The van der Waals surface area contributed by atoms with E-state index in [9.17, 15) is 14.3 Å². The van der Waals surface area contributed by atoms with E-state index < -0.39 is 11.8 Å². The highest BCUT2D eigenvalue weighted by Crippen LogP contribution is 2.24. The third-order valence-electron chi connectivity index (χ3n) is 7.35. The zero-order valence-corrected chi connectivity index (χ0v) is 22.6. The van der Waals surface area contributed by atoms with E-state index in [1.54, 1.807) is 18.3 Å². The lowest BCUT2D eigenvalue weighted by Gasteiger charge is -2.32. The molecular formula is C29H28FN7O5. The molecule has 0 aliphatic carbocycles. The van der Waals surface area contributed by atoms with Gasteiger partial charge >= 0.3 is 5.97 Å². The molecule has 0 amide bonds. The summed E-state index contributed by atoms with van der Waals surface area (Å²) in [4.78, 5) is 31.5. The first-order valence-corrected chi connectivity index (χ1v) is 13.7. The summed E-state index contributed by atoms with van der Waals surface area (Å²) < 4.78 is 33.4. The molecule has 5 heterocycles. The Hall–Kier alpha value is -4.67. The highest BCUT2D eigenvalue weighted by atomic mass is 19.1. The van der Waals surface area contributed by atoms with Gasteiger partial charge in [0.15, 0.2) is 28.7 Å². The van der Waals surface area contributed by atoms with E-state index in [1.807, 2.05) is 10.6 Å². The highest BCUT2D eigenvalue weighted by molar-refractivity contribution is 5.88. The molecule has 2 aliphatic heterocycles. The Morgan fingerprint density at radius 1 is 1.14 bits per heavy atom. The summed E-state index contributed by atoms with van der Waals surface area (Å²) in [6.07, 6.45) is 4.11. The van der Waals surface area contributed by atoms with Crippen LogP contribution in [0.2, 0.25) is 0 Å². The number of pyridine rings is 1. The van der Waals surface area contributed by atoms with E-state index >= 15 is 0 Å². The molecule has 4 aromatic rings. The Bertz CT molecular complexity index is 1640. The molecule has 0 spiro atoms. The average Bonchev–Trinajstić information content (AvgIpc) is 3.31. The quantitative estimate of drug-likeness (QED) is 0.298. The predicted octanol–water partition coefficient (Wildman–Crippen LogP) is 3.34. The molecule has 6 rings (SSSR count). The minimum Gasteiger partial charge on any atom is -0.483 e. The molecular weight excluding hydrogens is 545 g/mol. The smallest absolute Gasteiger partial charge is 0.354 e. The largest absolute Gasteiger partial charge is 0.483 e. The number of hydrogen-bond donors (Lipinski definition) is 1. The minimum atomic E-state index is -1.07. The molecule has 1 aromatic carbocycles. The number of nitrogens with zero attached hydrogens (tertiary/aromatic N) is 7. The number of hydrogen-bond acceptors (Lipinski definition) is 10. The van der Waals surface area contributed by atoms with E-state index in [4.69, 9.17) is 24.5 Å². The third kappa shape index (κ3) is 6.14. The maximum absolute atomic E-state index is 14.1. The first-order chi connectivity index (χ1) is 20.4. The van der Waals surface area contributed by atoms with Crippen LogP contribution in [0.15, 0.2) is 42.6 Å². The fraction of sp³-hybridized carbons (Fsp3) is 0.379. The van der Waals surface area contributed by atoms with Crippen LogP contribution < -0.4 is 9.47 Å². The Morgan fingerprint density at radius 2 is 1.98 bits per heavy atom. The summed E-state index contributed by atoms with van der Waals surface area (Å²) in [7, 11) is 0. The molecule has 0 unspecified atom stereocenters. The van der Waals surface area contributed by atoms with Gasteiger partial charge in [-0.1, -0.05) is 0 Å². The van der Waals surface area contributed by atoms with Gasteiger partial charge in [0.05, 0.1) is 30.8 Å². The Labute approximate surface area is 240 Å². The van der Waals surface area contributed by atoms with Gasteiger partial charge in [-0.05, 0) is 49.6 Å². The molecule has 0 bridgehead atoms. The number of imidazole rings is 1. The first-order valence-electron chi connectivity index (χ1n) is 13.7. The van der Waals surface area contributed by atoms with Crippen molar-refractivity contribution in [2.75, 3.05) is 19.7 Å². The molecule has 2 fully saturated rings. The van der Waals surface area contributed by atoms with Crippen molar-refractivity contribution in [1.82, 2.24) is 29.4 Å². The van der Waals surface area contributed by atoms with Crippen molar-refractivity contribution in [1.29, 1.82) is 5.26 Å². The van der Waals surface area contributed by atoms with Crippen molar-refractivity contribution in [3.63, 3.8) is 0 Å². The van der Waals surface area contributed by atoms with Gasteiger partial charge in [0, 0.05) is 32.0 Å². The third-order valence-corrected chi connectivity index (χ3v) is 7.35. The molecule has 12 nitrogen and oxygen atoms in total. The zero-order chi connectivity index (χ0) is 29.1. The average molecular weight is 574 g/mol. The van der Waals surface area contributed by atoms with E-state index in [1.165, 1.54) is 18.2 Å². The van der Waals surface area contributed by atoms with Crippen LogP contribution in [-0.2, 0) is 24.4 Å². The molecule has 13 heteroatoms. The standard InChI is InChI=1S/C29H28FN7O5/c30-21-13-18(14-31)1-4-24(21)41-17-25-32-9-5-27(35-25)42-19-6-10-36(11-7-19)16-26-33-22-2-3-23(29(38)39)34-28(22)37(26)15-20-8-12-40-20/h1-5,9,13,19-20H,6-8,10-12,15-17H2,(H,38,39)/t20-/m0/s1. The maximum Gasteiger partial charge on any atom is 0.354 e. The molecule has 216 valence electrons. The second-order valence-corrected chi connectivity index (χ2v) is 10.2. The van der Waals surface area contributed by atoms with Gasteiger partial charge < -0.3 is 23.9 Å². The van der Waals surface area contributed by atoms with E-state index in [0.717, 1.165) is 50.8 Å². The number of fused-ring (bicyclic) bond motifs is 1. The summed E-state index contributed by atoms with van der Waals surface area (Å²) in [5.41, 5.74) is 1.43. The molecule has 2 aliphatic rings. The van der Waals surface area contributed by atoms with Crippen LogP contribution in [0.3, 0.4) is 0 Å². The zero-order valence-electron chi connectivity index (χ0n) is 22.6. The molecule has 42 heavy (non-hydrogen) atoms. The summed E-state index contributed by atoms with van der Waals surface area (Å²) in [5.74, 6) is -0.0806. The van der Waals surface area contributed by atoms with Crippen molar-refractivity contribution in [3.8, 4) is 17.7 Å². The van der Waals surface area contributed by atoms with Gasteiger partial charge in [0.2, 0.25) is 5.88 Å². The fourth-order valence-corrected chi connectivity index (χ4v) is 5.01. The topological polar surface area (TPSA) is 149 Å². The number of rotatable bonds is 10. The summed E-state index contributed by atoms with van der Waals surface area (Å²) >= 11 is 0. The lowest BCUT2D eigenvalue weighted by molar-refractivity contribution is -0.0593. The van der Waals surface area contributed by atoms with Crippen molar-refractivity contribution in [2.45, 2.75) is 51.2 Å². The van der Waals surface area contributed by atoms with Crippen molar-refractivity contribution in [3.05, 3.63) is 71.3 Å². The number of aromatic nitrogens is 5. The van der Waals surface area contributed by atoms with E-state index in [0.29, 0.717) is 36.0 Å². The highest BCUT2D eigenvalue weighted by Gasteiger charge is 2.26. The Kier molecular flexibility index (Phi) is 7.89. The Balaban J connectivity index is 1.06. The first kappa shape index (κ1) is 27.5. The van der Waals surface area contributed by atoms with Crippen molar-refractivity contribution < 1.29 is 28.5 Å². The van der Waals surface area contributed by atoms with Crippen molar-refractivity contribution in [2.24, 2.45) is 0 Å². The molecule has 2 saturated heterocycles. The number of halogens is 1. The number of carbonyl (C=O) groups is 1. The molecule has 0 radical (unpaired) electrons. The normalized spacial score (nSPS) is 17.5. The van der Waals surface area contributed by atoms with Gasteiger partial charge in [-0.2, -0.15) is 10.2 Å². The second-order valence-electron chi connectivity index (χ2n) is 10.2. The summed E-state index contributed by atoms with van der Waals surface area (Å²) in [5, 5.41) is 18.3. The van der Waals surface area contributed by atoms with Crippen LogP contribution in [0.25, 0.3) is 11.2 Å². The van der Waals surface area contributed by atoms with Gasteiger partial charge in [0.25, 0.3) is 0 Å². The van der Waals surface area contributed by atoms with Crippen LogP contribution in [0.5, 0.6) is 11.6 Å². The number of nitriles is 1. The van der Waals surface area contributed by atoms with Crippen molar-refractivity contribution >= 4 is 17.1 Å². The number of piperidine rings is 1. The monoisotopic (exact) mass is 573 g/mol. The van der Waals surface area contributed by atoms with Gasteiger partial charge in [0.1, 0.15) is 24.1 Å². The summed E-state index contributed by atoms with van der Waals surface area (Å²) in [6, 6.07) is 10.8. The molecule has 0 saturated carbocycles. The fourth-order valence-electron chi connectivity index (χ4n) is 5.01. The predicted molar refractivity (Wildman–Crippen MR) is 145 cm³/mol. The summed E-state index contributed by atoms with van der Waals surface area (Å²) in [6.45, 7) is 3.41. The molecule has 1 atom stereocenters. The number of likely N-dealkylation sites (tertiary alicyclic amines) is 1. The lowest BCUT2D eigenvalue weighted by atomic mass is 10.1. The van der Waals surface area contributed by atoms with Crippen LogP contribution >= 0.6 is 0 Å². The molecule has 3 aromatic heterocycles. The van der Waals surface area contributed by atoms with Crippen LogP contribution in [-0.4, -0.2) is 72.4 Å².